The van der Waals surface area contributed by atoms with Crippen molar-refractivity contribution in [3.8, 4) is 11.5 Å². The fourth-order valence-corrected chi connectivity index (χ4v) is 2.34. The summed E-state index contributed by atoms with van der Waals surface area (Å²) < 4.78 is 33.9. The lowest BCUT2D eigenvalue weighted by Crippen LogP contribution is -2.27. The molecular formula is C14H14F2N2O3S. The second-order valence-corrected chi connectivity index (χ2v) is 5.16. The average Bonchev–Trinajstić information content (AvgIpc) is 2.98. The van der Waals surface area contributed by atoms with Crippen LogP contribution in [-0.2, 0) is 6.54 Å². The van der Waals surface area contributed by atoms with Crippen LogP contribution in [-0.4, -0.2) is 19.8 Å². The number of hydrogen-bond acceptors (Lipinski definition) is 4. The lowest BCUT2D eigenvalue weighted by Gasteiger charge is -2.12. The van der Waals surface area contributed by atoms with E-state index in [9.17, 15) is 13.6 Å². The minimum Gasteiger partial charge on any atom is -0.493 e. The Bertz CT molecular complexity index is 621. The molecule has 0 radical (unpaired) electrons. The van der Waals surface area contributed by atoms with Gasteiger partial charge in [0.05, 0.1) is 13.7 Å². The topological polar surface area (TPSA) is 59.6 Å². The van der Waals surface area contributed by atoms with Gasteiger partial charge in [0, 0.05) is 16.6 Å². The Balaban J connectivity index is 1.97. The molecule has 0 saturated heterocycles. The maximum Gasteiger partial charge on any atom is 0.387 e. The first-order chi connectivity index (χ1) is 10.6. The van der Waals surface area contributed by atoms with Gasteiger partial charge in [0.15, 0.2) is 11.5 Å². The molecule has 1 aromatic carbocycles. The number of carbonyl (C=O) groups excluding carboxylic acids is 1. The van der Waals surface area contributed by atoms with Crippen LogP contribution in [0.1, 0.15) is 4.88 Å². The number of anilines is 1. The van der Waals surface area contributed by atoms with Crippen molar-refractivity contribution < 1.29 is 23.0 Å². The predicted molar refractivity (Wildman–Crippen MR) is 79.8 cm³/mol. The van der Waals surface area contributed by atoms with Gasteiger partial charge in [-0.1, -0.05) is 6.07 Å². The molecular weight excluding hydrogens is 314 g/mol. The number of alkyl halides is 2. The monoisotopic (exact) mass is 328 g/mol. The molecule has 0 aliphatic rings. The van der Waals surface area contributed by atoms with Crippen LogP contribution in [0.3, 0.4) is 0 Å². The zero-order valence-corrected chi connectivity index (χ0v) is 12.5. The summed E-state index contributed by atoms with van der Waals surface area (Å²) >= 11 is 1.52. The molecule has 118 valence electrons. The van der Waals surface area contributed by atoms with Crippen LogP contribution >= 0.6 is 11.3 Å². The van der Waals surface area contributed by atoms with Crippen molar-refractivity contribution in [3.05, 3.63) is 40.6 Å². The van der Waals surface area contributed by atoms with Crippen molar-refractivity contribution in [1.29, 1.82) is 0 Å². The van der Waals surface area contributed by atoms with E-state index in [2.05, 4.69) is 15.4 Å². The molecule has 0 fully saturated rings. The number of hydrogen-bond donors (Lipinski definition) is 2. The molecule has 1 heterocycles. The van der Waals surface area contributed by atoms with Gasteiger partial charge in [0.25, 0.3) is 0 Å². The highest BCUT2D eigenvalue weighted by atomic mass is 32.1. The molecule has 0 bridgehead atoms. The molecule has 0 saturated carbocycles. The van der Waals surface area contributed by atoms with E-state index in [0.717, 1.165) is 4.88 Å². The van der Waals surface area contributed by atoms with Gasteiger partial charge in [-0.3, -0.25) is 0 Å². The van der Waals surface area contributed by atoms with Crippen LogP contribution in [0, 0.1) is 0 Å². The summed E-state index contributed by atoms with van der Waals surface area (Å²) in [4.78, 5) is 12.8. The standard InChI is InChI=1S/C14H14F2N2O3S/c1-20-11-5-4-9(7-12(11)21-13(15)16)18-14(19)17-8-10-3-2-6-22-10/h2-7,13H,8H2,1H3,(H2,17,18,19). The molecule has 2 amide bonds. The Hall–Kier alpha value is -2.35. The first kappa shape index (κ1) is 16.0. The fraction of sp³-hybridized carbons (Fsp3) is 0.214. The second kappa shape index (κ2) is 7.60. The molecule has 0 atom stereocenters. The van der Waals surface area contributed by atoms with Crippen molar-refractivity contribution in [2.75, 3.05) is 12.4 Å². The van der Waals surface area contributed by atoms with E-state index in [0.29, 0.717) is 12.2 Å². The number of amides is 2. The first-order valence-corrected chi connectivity index (χ1v) is 7.16. The van der Waals surface area contributed by atoms with Crippen LogP contribution < -0.4 is 20.1 Å². The SMILES string of the molecule is COc1ccc(NC(=O)NCc2cccs2)cc1OC(F)F. The van der Waals surface area contributed by atoms with Crippen LogP contribution in [0.25, 0.3) is 0 Å². The molecule has 0 unspecified atom stereocenters. The highest BCUT2D eigenvalue weighted by Crippen LogP contribution is 2.31. The quantitative estimate of drug-likeness (QED) is 0.850. The average molecular weight is 328 g/mol. The third-order valence-corrected chi connectivity index (χ3v) is 3.52. The van der Waals surface area contributed by atoms with Crippen molar-refractivity contribution in [2.45, 2.75) is 13.2 Å². The number of benzene rings is 1. The van der Waals surface area contributed by atoms with E-state index in [1.165, 1.54) is 36.6 Å². The van der Waals surface area contributed by atoms with E-state index in [-0.39, 0.29) is 11.5 Å². The zero-order chi connectivity index (χ0) is 15.9. The Morgan fingerprint density at radius 1 is 1.32 bits per heavy atom. The van der Waals surface area contributed by atoms with Gasteiger partial charge in [-0.05, 0) is 23.6 Å². The number of rotatable bonds is 6. The number of thiophene rings is 1. The van der Waals surface area contributed by atoms with E-state index < -0.39 is 12.6 Å². The second-order valence-electron chi connectivity index (χ2n) is 4.13. The molecule has 5 nitrogen and oxygen atoms in total. The zero-order valence-electron chi connectivity index (χ0n) is 11.6. The first-order valence-electron chi connectivity index (χ1n) is 6.28. The summed E-state index contributed by atoms with van der Waals surface area (Å²) in [6.07, 6.45) is 0. The number of urea groups is 1. The summed E-state index contributed by atoms with van der Waals surface area (Å²) in [5.74, 6) is 0.0124. The van der Waals surface area contributed by atoms with Crippen LogP contribution in [0.15, 0.2) is 35.7 Å². The fourth-order valence-electron chi connectivity index (χ4n) is 1.70. The molecule has 8 heteroatoms. The lowest BCUT2D eigenvalue weighted by atomic mass is 10.3. The van der Waals surface area contributed by atoms with Crippen molar-refractivity contribution >= 4 is 23.1 Å². The number of halogens is 2. The Labute approximate surface area is 129 Å². The van der Waals surface area contributed by atoms with Crippen LogP contribution in [0.2, 0.25) is 0 Å². The third kappa shape index (κ3) is 4.59. The van der Waals surface area contributed by atoms with E-state index >= 15 is 0 Å². The molecule has 0 aliphatic heterocycles. The summed E-state index contributed by atoms with van der Waals surface area (Å²) in [7, 11) is 1.34. The number of methoxy groups -OCH3 is 1. The largest absolute Gasteiger partial charge is 0.493 e. The minimum absolute atomic E-state index is 0.145. The van der Waals surface area contributed by atoms with Crippen molar-refractivity contribution in [2.24, 2.45) is 0 Å². The van der Waals surface area contributed by atoms with Gasteiger partial charge in [-0.2, -0.15) is 8.78 Å². The van der Waals surface area contributed by atoms with Gasteiger partial charge < -0.3 is 20.1 Å². The smallest absolute Gasteiger partial charge is 0.387 e. The highest BCUT2D eigenvalue weighted by Gasteiger charge is 2.12. The maximum absolute atomic E-state index is 12.3. The summed E-state index contributed by atoms with van der Waals surface area (Å²) in [5.41, 5.74) is 0.320. The van der Waals surface area contributed by atoms with Gasteiger partial charge in [-0.15, -0.1) is 11.3 Å². The van der Waals surface area contributed by atoms with Crippen LogP contribution in [0.4, 0.5) is 19.3 Å². The Morgan fingerprint density at radius 3 is 2.77 bits per heavy atom. The summed E-state index contributed by atoms with van der Waals surface area (Å²) in [5, 5.41) is 7.12. The Kier molecular flexibility index (Phi) is 5.54. The van der Waals surface area contributed by atoms with E-state index in [1.54, 1.807) is 0 Å². The molecule has 0 spiro atoms. The summed E-state index contributed by atoms with van der Waals surface area (Å²) in [6, 6.07) is 7.58. The molecule has 0 aliphatic carbocycles. The molecule has 2 aromatic rings. The lowest BCUT2D eigenvalue weighted by molar-refractivity contribution is -0.0511. The van der Waals surface area contributed by atoms with Gasteiger partial charge in [0.1, 0.15) is 0 Å². The highest BCUT2D eigenvalue weighted by molar-refractivity contribution is 7.09. The van der Waals surface area contributed by atoms with Crippen molar-refractivity contribution in [1.82, 2.24) is 5.32 Å². The number of nitrogens with one attached hydrogen (secondary N) is 2. The molecule has 2 rings (SSSR count). The third-order valence-electron chi connectivity index (χ3n) is 2.64. The van der Waals surface area contributed by atoms with Crippen molar-refractivity contribution in [3.63, 3.8) is 0 Å². The van der Waals surface area contributed by atoms with E-state index in [4.69, 9.17) is 4.74 Å². The van der Waals surface area contributed by atoms with Gasteiger partial charge >= 0.3 is 12.6 Å². The van der Waals surface area contributed by atoms with Gasteiger partial charge in [-0.25, -0.2) is 4.79 Å². The summed E-state index contributed by atoms with van der Waals surface area (Å²) in [6.45, 7) is -2.59. The normalized spacial score (nSPS) is 10.4. The predicted octanol–water partition coefficient (Wildman–Crippen LogP) is 3.68. The van der Waals surface area contributed by atoms with Crippen LogP contribution in [0.5, 0.6) is 11.5 Å². The molecule has 1 aromatic heterocycles. The van der Waals surface area contributed by atoms with E-state index in [1.807, 2.05) is 17.5 Å². The van der Waals surface area contributed by atoms with Gasteiger partial charge in [0.2, 0.25) is 0 Å². The number of carbonyl (C=O) groups is 1. The molecule has 22 heavy (non-hydrogen) atoms. The maximum atomic E-state index is 12.3. The Morgan fingerprint density at radius 2 is 2.14 bits per heavy atom. The number of ether oxygens (including phenoxy) is 2. The molecule has 2 N–H and O–H groups in total. The minimum atomic E-state index is -2.98.